The van der Waals surface area contributed by atoms with Crippen molar-refractivity contribution < 1.29 is 40.9 Å². The molecule has 0 spiro atoms. The van der Waals surface area contributed by atoms with E-state index >= 15 is 0 Å². The number of para-hydroxylation sites is 4. The second-order valence-electron chi connectivity index (χ2n) is 13.8. The molecule has 8 N–H and O–H groups in total. The van der Waals surface area contributed by atoms with Crippen LogP contribution in [0.25, 0.3) is 0 Å². The number of ether oxygens (including phenoxy) is 2. The van der Waals surface area contributed by atoms with E-state index in [1.807, 2.05) is 84.2 Å². The molecule has 0 heterocycles. The van der Waals surface area contributed by atoms with Crippen molar-refractivity contribution >= 4 is 58.3 Å². The third-order valence-corrected chi connectivity index (χ3v) is 6.70. The number of carbonyl (C=O) groups is 4. The standard InChI is InChI=1S/C20H24N2O3.C14H18O4.C6H8N2.C2H6S.CH3F.CH4/c1-20(2,3)25-18(23)13-10-14-8-11-15(12-9-14)19(24)22-17-7-5-4-6-16(17)21;1-14(2,3)18-12(15)9-6-10-4-7-11(8-5-10)13(16)17;7-5-3-1-2-4-6(5)8;1-3-2;1-2;/h4-9,11-12H,10,13,21H2,1-3H3,(H,22,24);4-5,7-8H,6,9H2,1-3H3,(H,16,17);1-4H,7-8H2;1-2H3;1H3;1H4/i;;;2*1D;. The highest BCUT2D eigenvalue weighted by Crippen LogP contribution is 2.19. The quantitative estimate of drug-likeness (QED) is 0.0797. The summed E-state index contributed by atoms with van der Waals surface area (Å²) < 4.78 is 32.4. The maximum atomic E-state index is 12.3. The van der Waals surface area contributed by atoms with Crippen LogP contribution in [-0.4, -0.2) is 59.8 Å². The highest BCUT2D eigenvalue weighted by Gasteiger charge is 2.17. The van der Waals surface area contributed by atoms with Crippen LogP contribution in [0.4, 0.5) is 27.1 Å². The summed E-state index contributed by atoms with van der Waals surface area (Å²) in [6.45, 7) is 11.0. The van der Waals surface area contributed by atoms with Gasteiger partial charge >= 0.3 is 17.9 Å². The summed E-state index contributed by atoms with van der Waals surface area (Å²) in [5, 5.41) is 11.5. The van der Waals surface area contributed by atoms with Crippen molar-refractivity contribution in [1.29, 1.82) is 0 Å². The molecule has 0 radical (unpaired) electrons. The number of benzene rings is 4. The number of hydrogen-bond donors (Lipinski definition) is 5. The molecular formula is C44H63FN4O7S. The molecule has 0 fully saturated rings. The number of carbonyl (C=O) groups excluding carboxylic acids is 3. The maximum Gasteiger partial charge on any atom is 0.335 e. The molecule has 0 aliphatic carbocycles. The molecule has 11 nitrogen and oxygen atoms in total. The first-order valence-corrected chi connectivity index (χ1v) is 18.8. The summed E-state index contributed by atoms with van der Waals surface area (Å²) in [5.41, 5.74) is 20.7. The van der Waals surface area contributed by atoms with Gasteiger partial charge in [0.05, 0.1) is 36.8 Å². The largest absolute Gasteiger partial charge is 0.478 e. The molecule has 314 valence electrons. The summed E-state index contributed by atoms with van der Waals surface area (Å²) in [7, 11) is -1.00. The van der Waals surface area contributed by atoms with Crippen LogP contribution >= 0.6 is 11.8 Å². The van der Waals surface area contributed by atoms with Gasteiger partial charge < -0.3 is 37.1 Å². The van der Waals surface area contributed by atoms with E-state index in [1.54, 1.807) is 48.5 Å². The highest BCUT2D eigenvalue weighted by molar-refractivity contribution is 7.97. The van der Waals surface area contributed by atoms with Crippen molar-refractivity contribution in [3.8, 4) is 0 Å². The zero-order chi connectivity index (χ0) is 44.3. The Morgan fingerprint density at radius 2 is 1.04 bits per heavy atom. The number of aromatic carboxylic acids is 1. The van der Waals surface area contributed by atoms with Crippen molar-refractivity contribution in [1.82, 2.24) is 0 Å². The maximum absolute atomic E-state index is 12.3. The first kappa shape index (κ1) is 49.5. The molecule has 4 rings (SSSR count). The smallest absolute Gasteiger partial charge is 0.335 e. The summed E-state index contributed by atoms with van der Waals surface area (Å²) in [6.07, 6.45) is 4.12. The average molecular weight is 813 g/mol. The van der Waals surface area contributed by atoms with Crippen LogP contribution in [0.15, 0.2) is 97.1 Å². The number of nitrogens with two attached hydrogens (primary N) is 3. The minimum absolute atomic E-state index is 0. The van der Waals surface area contributed by atoms with Gasteiger partial charge in [0, 0.05) is 19.8 Å². The van der Waals surface area contributed by atoms with Crippen LogP contribution in [0.3, 0.4) is 0 Å². The van der Waals surface area contributed by atoms with Crippen molar-refractivity contribution in [3.63, 3.8) is 0 Å². The van der Waals surface area contributed by atoms with Gasteiger partial charge in [-0.25, -0.2) is 4.79 Å². The molecule has 0 aliphatic rings. The van der Waals surface area contributed by atoms with E-state index in [4.69, 9.17) is 34.5 Å². The van der Waals surface area contributed by atoms with Gasteiger partial charge in [-0.05, 0) is 127 Å². The fourth-order valence-corrected chi connectivity index (χ4v) is 4.23. The van der Waals surface area contributed by atoms with E-state index in [-0.39, 0.29) is 30.8 Å². The number of nitrogen functional groups attached to an aromatic ring is 3. The fraction of sp³-hybridized carbons (Fsp3) is 0.364. The predicted molar refractivity (Wildman–Crippen MR) is 235 cm³/mol. The van der Waals surface area contributed by atoms with Crippen molar-refractivity contribution in [2.24, 2.45) is 0 Å². The number of anilines is 4. The molecule has 0 saturated heterocycles. The summed E-state index contributed by atoms with van der Waals surface area (Å²) >= 11 is 1.52. The van der Waals surface area contributed by atoms with E-state index in [9.17, 15) is 23.6 Å². The Kier molecular flexibility index (Phi) is 24.2. The summed E-state index contributed by atoms with van der Waals surface area (Å²) in [6, 6.07) is 28.0. The minimum Gasteiger partial charge on any atom is -0.478 e. The second kappa shape index (κ2) is 27.9. The van der Waals surface area contributed by atoms with Crippen LogP contribution < -0.4 is 22.5 Å². The number of aryl methyl sites for hydroxylation is 2. The number of amides is 1. The Morgan fingerprint density at radius 3 is 1.35 bits per heavy atom. The molecule has 4 aromatic rings. The van der Waals surface area contributed by atoms with E-state index < -0.39 is 24.3 Å². The van der Waals surface area contributed by atoms with E-state index in [2.05, 4.69) is 5.32 Å². The Morgan fingerprint density at radius 1 is 0.684 bits per heavy atom. The Bertz CT molecular complexity index is 1800. The van der Waals surface area contributed by atoms with Gasteiger partial charge in [0.15, 0.2) is 0 Å². The normalized spacial score (nSPS) is 10.5. The third-order valence-electron chi connectivity index (χ3n) is 6.70. The third kappa shape index (κ3) is 25.3. The van der Waals surface area contributed by atoms with Gasteiger partial charge in [-0.15, -0.1) is 0 Å². The lowest BCUT2D eigenvalue weighted by molar-refractivity contribution is -0.155. The van der Waals surface area contributed by atoms with Gasteiger partial charge in [0.1, 0.15) is 11.2 Å². The topological polar surface area (TPSA) is 197 Å². The Labute approximate surface area is 345 Å². The van der Waals surface area contributed by atoms with Gasteiger partial charge in [0.2, 0.25) is 0 Å². The molecule has 0 bridgehead atoms. The monoisotopic (exact) mass is 812 g/mol. The molecule has 0 atom stereocenters. The van der Waals surface area contributed by atoms with Gasteiger partial charge in [-0.2, -0.15) is 11.8 Å². The van der Waals surface area contributed by atoms with Crippen LogP contribution in [0.5, 0.6) is 0 Å². The number of carboxylic acid groups (broad SMARTS) is 1. The summed E-state index contributed by atoms with van der Waals surface area (Å²) in [5.74, 6) is -1.65. The Hall–Kier alpha value is -5.56. The van der Waals surface area contributed by atoms with E-state index in [0.717, 1.165) is 11.1 Å². The predicted octanol–water partition coefficient (Wildman–Crippen LogP) is 9.51. The van der Waals surface area contributed by atoms with Gasteiger partial charge in [0.25, 0.3) is 5.91 Å². The molecule has 0 saturated carbocycles. The van der Waals surface area contributed by atoms with E-state index in [1.165, 1.54) is 23.9 Å². The molecule has 0 aromatic heterocycles. The number of halogens is 1. The summed E-state index contributed by atoms with van der Waals surface area (Å²) in [4.78, 5) is 46.2. The van der Waals surface area contributed by atoms with Crippen LogP contribution in [0, 0.1) is 0 Å². The van der Waals surface area contributed by atoms with Gasteiger partial charge in [-0.3, -0.25) is 18.8 Å². The second-order valence-corrected chi connectivity index (χ2v) is 14.4. The van der Waals surface area contributed by atoms with Crippen LogP contribution in [-0.2, 0) is 31.9 Å². The SMILES string of the molecule is C.CC(C)(C)OC(=O)CCc1ccc(C(=O)Nc2ccccc2N)cc1.CC(C)(C)OC(=O)CCc1ccc(C(=O)O)cc1.Nc1ccccc1N.[2H]CF.[2H]CSC. The molecule has 13 heteroatoms. The fourth-order valence-electron chi connectivity index (χ4n) is 4.23. The number of carboxylic acids is 1. The molecule has 0 unspecified atom stereocenters. The van der Waals surface area contributed by atoms with Crippen LogP contribution in [0.1, 0.15) is 96.4 Å². The number of nitrogens with one attached hydrogen (secondary N) is 1. The number of alkyl halides is 1. The average Bonchev–Trinajstić information content (AvgIpc) is 3.15. The molecule has 4 aromatic carbocycles. The lowest BCUT2D eigenvalue weighted by atomic mass is 10.1. The Balaban J connectivity index is 0. The lowest BCUT2D eigenvalue weighted by Gasteiger charge is -2.19. The van der Waals surface area contributed by atoms with Crippen molar-refractivity contribution in [2.45, 2.75) is 85.9 Å². The zero-order valence-electron chi connectivity index (χ0n) is 35.4. The van der Waals surface area contributed by atoms with Crippen molar-refractivity contribution in [2.75, 3.05) is 42.2 Å². The number of rotatable bonds is 9. The number of esters is 2. The van der Waals surface area contributed by atoms with E-state index in [0.29, 0.717) is 60.2 Å². The molecular weight excluding hydrogens is 748 g/mol. The number of thioether (sulfide) groups is 1. The zero-order valence-corrected chi connectivity index (χ0v) is 34.2. The molecule has 1 amide bonds. The minimum atomic E-state index is -1.00. The molecule has 57 heavy (non-hydrogen) atoms. The first-order chi connectivity index (χ1) is 27.2. The number of hydrogen-bond acceptors (Lipinski definition) is 10. The van der Waals surface area contributed by atoms with Crippen molar-refractivity contribution in [3.05, 3.63) is 119 Å². The van der Waals surface area contributed by atoms with Gasteiger partial charge in [-0.1, -0.05) is 56.0 Å². The van der Waals surface area contributed by atoms with Crippen LogP contribution in [0.2, 0.25) is 0 Å². The first-order valence-electron chi connectivity index (χ1n) is 18.8. The lowest BCUT2D eigenvalue weighted by Crippen LogP contribution is -2.24. The highest BCUT2D eigenvalue weighted by atomic mass is 32.2. The molecule has 0 aliphatic heterocycles.